The Morgan fingerprint density at radius 1 is 0.611 bits per heavy atom. The van der Waals surface area contributed by atoms with Gasteiger partial charge in [-0.15, -0.1) is 11.3 Å². The second kappa shape index (κ2) is 13.1. The molecule has 0 N–H and O–H groups in total. The number of hydrogen-bond acceptors (Lipinski definition) is 2. The predicted octanol–water partition coefficient (Wildman–Crippen LogP) is 14.9. The Morgan fingerprint density at radius 2 is 1.26 bits per heavy atom. The van der Waals surface area contributed by atoms with Crippen LogP contribution in [0.3, 0.4) is 0 Å². The first kappa shape index (κ1) is 33.2. The standard InChI is InChI=1S/C52H45NS/c1-34-31-38(39-21-28-44-43-13-7-9-15-47(43)52(2,3)48(44)32-39)23-30-49(34)53(41-24-17-36(18-25-41)35-11-5-4-6-12-35)42-26-19-37(20-27-42)40-22-29-46-45-14-8-10-16-50(45)54-51(46)33-40/h4-8,10-14,16-30,32-34,43,47H,9,15,31H2,1-3H3. The third-order valence-electron chi connectivity index (χ3n) is 12.6. The maximum atomic E-state index is 2.54. The summed E-state index contributed by atoms with van der Waals surface area (Å²) in [5.41, 5.74) is 14.7. The fourth-order valence-electron chi connectivity index (χ4n) is 9.72. The molecule has 3 aliphatic rings. The molecule has 0 amide bonds. The van der Waals surface area contributed by atoms with E-state index < -0.39 is 0 Å². The van der Waals surface area contributed by atoms with Crippen molar-refractivity contribution in [3.63, 3.8) is 0 Å². The average Bonchev–Trinajstić information content (AvgIpc) is 3.70. The zero-order valence-electron chi connectivity index (χ0n) is 31.3. The fourth-order valence-corrected chi connectivity index (χ4v) is 10.9. The van der Waals surface area contributed by atoms with E-state index in [1.165, 1.54) is 83.5 Å². The minimum atomic E-state index is 0.196. The molecule has 3 atom stereocenters. The normalized spacial score (nSPS) is 20.0. The molecule has 0 fully saturated rings. The number of fused-ring (bicyclic) bond motifs is 6. The Morgan fingerprint density at radius 3 is 2.02 bits per heavy atom. The first-order chi connectivity index (χ1) is 26.4. The molecule has 10 rings (SSSR count). The smallest absolute Gasteiger partial charge is 0.0458 e. The molecule has 0 saturated carbocycles. The van der Waals surface area contributed by atoms with Crippen LogP contribution in [0.2, 0.25) is 0 Å². The Balaban J connectivity index is 1.01. The third-order valence-corrected chi connectivity index (χ3v) is 13.8. The van der Waals surface area contributed by atoms with E-state index in [-0.39, 0.29) is 5.41 Å². The number of allylic oxidation sites excluding steroid dienone is 6. The molecule has 3 aliphatic carbocycles. The van der Waals surface area contributed by atoms with Gasteiger partial charge >= 0.3 is 0 Å². The van der Waals surface area contributed by atoms with Crippen LogP contribution in [0.15, 0.2) is 170 Å². The van der Waals surface area contributed by atoms with Crippen LogP contribution >= 0.6 is 11.3 Å². The van der Waals surface area contributed by atoms with Crippen molar-refractivity contribution < 1.29 is 0 Å². The van der Waals surface area contributed by atoms with Crippen molar-refractivity contribution in [2.24, 2.45) is 11.8 Å². The molecule has 3 unspecified atom stereocenters. The summed E-state index contributed by atoms with van der Waals surface area (Å²) >= 11 is 1.88. The Kier molecular flexibility index (Phi) is 8.07. The van der Waals surface area contributed by atoms with Crippen molar-refractivity contribution in [3.05, 3.63) is 186 Å². The lowest BCUT2D eigenvalue weighted by Gasteiger charge is -2.34. The van der Waals surface area contributed by atoms with Gasteiger partial charge < -0.3 is 4.90 Å². The van der Waals surface area contributed by atoms with Gasteiger partial charge in [0.05, 0.1) is 0 Å². The summed E-state index contributed by atoms with van der Waals surface area (Å²) in [6.45, 7) is 7.35. The molecular weight excluding hydrogens is 671 g/mol. The number of rotatable bonds is 6. The zero-order valence-corrected chi connectivity index (χ0v) is 32.1. The molecule has 7 aromatic rings. The summed E-state index contributed by atoms with van der Waals surface area (Å²) in [7, 11) is 0. The summed E-state index contributed by atoms with van der Waals surface area (Å²) in [6, 6.07) is 52.0. The van der Waals surface area contributed by atoms with Gasteiger partial charge in [-0.1, -0.05) is 142 Å². The Labute approximate surface area is 323 Å². The second-order valence-corrected chi connectivity index (χ2v) is 17.2. The monoisotopic (exact) mass is 715 g/mol. The molecule has 6 aromatic carbocycles. The van der Waals surface area contributed by atoms with Gasteiger partial charge in [0, 0.05) is 49.1 Å². The van der Waals surface area contributed by atoms with E-state index in [1.807, 2.05) is 11.3 Å². The van der Waals surface area contributed by atoms with Crippen LogP contribution in [0.25, 0.3) is 48.0 Å². The predicted molar refractivity (Wildman–Crippen MR) is 233 cm³/mol. The summed E-state index contributed by atoms with van der Waals surface area (Å²) in [5, 5.41) is 2.68. The van der Waals surface area contributed by atoms with E-state index in [1.54, 1.807) is 11.1 Å². The Bertz CT molecular complexity index is 2620. The van der Waals surface area contributed by atoms with E-state index >= 15 is 0 Å². The van der Waals surface area contributed by atoms with Crippen molar-refractivity contribution in [2.45, 2.75) is 51.4 Å². The minimum absolute atomic E-state index is 0.196. The minimum Gasteiger partial charge on any atom is -0.314 e. The number of nitrogens with zero attached hydrogens (tertiary/aromatic N) is 1. The molecule has 1 heterocycles. The van der Waals surface area contributed by atoms with E-state index in [0.717, 1.165) is 6.42 Å². The van der Waals surface area contributed by atoms with Crippen molar-refractivity contribution in [1.29, 1.82) is 0 Å². The molecule has 0 bridgehead atoms. The van der Waals surface area contributed by atoms with Crippen LogP contribution < -0.4 is 4.90 Å². The molecule has 0 aliphatic heterocycles. The highest BCUT2D eigenvalue weighted by atomic mass is 32.1. The van der Waals surface area contributed by atoms with E-state index in [0.29, 0.717) is 17.8 Å². The maximum absolute atomic E-state index is 2.54. The molecular formula is C52H45NS. The summed E-state index contributed by atoms with van der Waals surface area (Å²) < 4.78 is 2.68. The molecule has 0 saturated heterocycles. The van der Waals surface area contributed by atoms with Gasteiger partial charge in [0.25, 0.3) is 0 Å². The van der Waals surface area contributed by atoms with Crippen LogP contribution in [0, 0.1) is 11.8 Å². The molecule has 0 radical (unpaired) electrons. The number of hydrogen-bond donors (Lipinski definition) is 0. The van der Waals surface area contributed by atoms with Gasteiger partial charge in [-0.2, -0.15) is 0 Å². The van der Waals surface area contributed by atoms with Crippen LogP contribution in [0.5, 0.6) is 0 Å². The first-order valence-electron chi connectivity index (χ1n) is 19.6. The Hall–Kier alpha value is -5.44. The van der Waals surface area contributed by atoms with Crippen molar-refractivity contribution in [2.75, 3.05) is 4.90 Å². The van der Waals surface area contributed by atoms with Crippen LogP contribution in [0.4, 0.5) is 11.4 Å². The number of thiophene rings is 1. The molecule has 1 nitrogen and oxygen atoms in total. The van der Waals surface area contributed by atoms with Crippen LogP contribution in [-0.4, -0.2) is 0 Å². The zero-order chi connectivity index (χ0) is 36.4. The lowest BCUT2D eigenvalue weighted by atomic mass is 9.72. The van der Waals surface area contributed by atoms with Gasteiger partial charge in [-0.05, 0) is 118 Å². The van der Waals surface area contributed by atoms with Crippen LogP contribution in [0.1, 0.15) is 62.6 Å². The highest BCUT2D eigenvalue weighted by Crippen LogP contribution is 2.55. The van der Waals surface area contributed by atoms with Gasteiger partial charge in [0.2, 0.25) is 0 Å². The van der Waals surface area contributed by atoms with E-state index in [2.05, 4.69) is 190 Å². The third kappa shape index (κ3) is 5.58. The molecule has 0 spiro atoms. The lowest BCUT2D eigenvalue weighted by Crippen LogP contribution is -2.26. The second-order valence-electron chi connectivity index (χ2n) is 16.2. The van der Waals surface area contributed by atoms with Gasteiger partial charge in [-0.25, -0.2) is 0 Å². The molecule has 54 heavy (non-hydrogen) atoms. The van der Waals surface area contributed by atoms with Crippen molar-refractivity contribution >= 4 is 48.5 Å². The van der Waals surface area contributed by atoms with Gasteiger partial charge in [0.15, 0.2) is 0 Å². The largest absolute Gasteiger partial charge is 0.314 e. The maximum Gasteiger partial charge on any atom is 0.0458 e. The topological polar surface area (TPSA) is 3.24 Å². The molecule has 264 valence electrons. The quantitative estimate of drug-likeness (QED) is 0.155. The number of benzene rings is 6. The fraction of sp³-hybridized carbons (Fsp3) is 0.192. The molecule has 1 aromatic heterocycles. The highest BCUT2D eigenvalue weighted by molar-refractivity contribution is 7.25. The van der Waals surface area contributed by atoms with E-state index in [9.17, 15) is 0 Å². The molecule has 2 heteroatoms. The SMILES string of the molecule is CC1CC(c2ccc3c(c2)C(C)(C)C2CCC=CC32)=CC=C1N(c1ccc(-c2ccccc2)cc1)c1ccc(-c2ccc3c(c2)sc2ccccc23)cc1. The average molecular weight is 716 g/mol. The summed E-state index contributed by atoms with van der Waals surface area (Å²) in [5.74, 6) is 1.60. The first-order valence-corrected chi connectivity index (χ1v) is 20.4. The summed E-state index contributed by atoms with van der Waals surface area (Å²) in [4.78, 5) is 2.48. The highest BCUT2D eigenvalue weighted by Gasteiger charge is 2.45. The van der Waals surface area contributed by atoms with Crippen LogP contribution in [-0.2, 0) is 5.41 Å². The number of anilines is 2. The summed E-state index contributed by atoms with van der Waals surface area (Å²) in [6.07, 6.45) is 13.2. The van der Waals surface area contributed by atoms with E-state index in [4.69, 9.17) is 0 Å². The lowest BCUT2D eigenvalue weighted by molar-refractivity contribution is 0.301. The van der Waals surface area contributed by atoms with Gasteiger partial charge in [0.1, 0.15) is 0 Å². The van der Waals surface area contributed by atoms with Gasteiger partial charge in [-0.3, -0.25) is 0 Å². The van der Waals surface area contributed by atoms with Crippen molar-refractivity contribution in [3.8, 4) is 22.3 Å². The van der Waals surface area contributed by atoms with Crippen molar-refractivity contribution in [1.82, 2.24) is 0 Å².